The molecule has 1 unspecified atom stereocenters. The van der Waals surface area contributed by atoms with Crippen molar-refractivity contribution in [1.29, 1.82) is 0 Å². The molecule has 1 aliphatic rings. The molecular formula is C25H20ClN3O2S. The van der Waals surface area contributed by atoms with Gasteiger partial charge in [0, 0.05) is 21.4 Å². The van der Waals surface area contributed by atoms with Crippen LogP contribution in [0.3, 0.4) is 0 Å². The Morgan fingerprint density at radius 2 is 1.59 bits per heavy atom. The highest BCUT2D eigenvalue weighted by Crippen LogP contribution is 2.34. The summed E-state index contributed by atoms with van der Waals surface area (Å²) < 4.78 is 13.9. The van der Waals surface area contributed by atoms with Crippen LogP contribution in [0.1, 0.15) is 28.3 Å². The third-order valence-corrected chi connectivity index (χ3v) is 6.93. The highest BCUT2D eigenvalue weighted by atomic mass is 35.5. The van der Waals surface area contributed by atoms with Crippen molar-refractivity contribution in [2.45, 2.75) is 17.4 Å². The minimum absolute atomic E-state index is 0.175. The van der Waals surface area contributed by atoms with Crippen molar-refractivity contribution in [1.82, 2.24) is 9.78 Å². The molecule has 5 nitrogen and oxygen atoms in total. The Balaban J connectivity index is 1.58. The van der Waals surface area contributed by atoms with E-state index in [4.69, 9.17) is 11.6 Å². The van der Waals surface area contributed by atoms with Gasteiger partial charge in [-0.3, -0.25) is 9.00 Å². The zero-order valence-electron chi connectivity index (χ0n) is 17.1. The van der Waals surface area contributed by atoms with Crippen molar-refractivity contribution in [3.05, 3.63) is 112 Å². The van der Waals surface area contributed by atoms with Gasteiger partial charge in [-0.15, -0.1) is 0 Å². The van der Waals surface area contributed by atoms with Gasteiger partial charge >= 0.3 is 0 Å². The van der Waals surface area contributed by atoms with Gasteiger partial charge in [0.25, 0.3) is 0 Å². The van der Waals surface area contributed by atoms with Crippen molar-refractivity contribution in [3.8, 4) is 5.69 Å². The molecule has 0 spiro atoms. The summed E-state index contributed by atoms with van der Waals surface area (Å²) in [5.41, 5.74) is 4.09. The predicted molar refractivity (Wildman–Crippen MR) is 127 cm³/mol. The lowest BCUT2D eigenvalue weighted by Gasteiger charge is -2.19. The predicted octanol–water partition coefficient (Wildman–Crippen LogP) is 5.06. The van der Waals surface area contributed by atoms with E-state index in [0.29, 0.717) is 22.3 Å². The number of hydrogen-bond acceptors (Lipinski definition) is 3. The zero-order valence-corrected chi connectivity index (χ0v) is 18.6. The Morgan fingerprint density at radius 3 is 2.22 bits per heavy atom. The van der Waals surface area contributed by atoms with Crippen LogP contribution in [0, 0.1) is 0 Å². The van der Waals surface area contributed by atoms with E-state index in [0.717, 1.165) is 28.1 Å². The van der Waals surface area contributed by atoms with Crippen molar-refractivity contribution >= 4 is 34.1 Å². The average Bonchev–Trinajstić information content (AvgIpc) is 3.32. The fraction of sp³-hybridized carbons (Fsp3) is 0.120. The third-order valence-electron chi connectivity index (χ3n) is 5.49. The number of amides is 1. The molecule has 0 saturated heterocycles. The van der Waals surface area contributed by atoms with E-state index in [1.165, 1.54) is 0 Å². The number of aromatic nitrogens is 2. The molecule has 4 aromatic rings. The maximum absolute atomic E-state index is 13.7. The second kappa shape index (κ2) is 8.73. The lowest BCUT2D eigenvalue weighted by Crippen LogP contribution is -2.24. The quantitative estimate of drug-likeness (QED) is 0.452. The number of benzene rings is 3. The molecule has 1 aliphatic heterocycles. The first-order chi connectivity index (χ1) is 15.6. The topological polar surface area (TPSA) is 64.0 Å². The van der Waals surface area contributed by atoms with E-state index < -0.39 is 16.7 Å². The Bertz CT molecular complexity index is 1270. The van der Waals surface area contributed by atoms with Crippen molar-refractivity contribution in [2.24, 2.45) is 0 Å². The number of anilines is 1. The molecule has 5 rings (SSSR count). The van der Waals surface area contributed by atoms with Gasteiger partial charge in [-0.2, -0.15) is 5.10 Å². The third kappa shape index (κ3) is 3.99. The monoisotopic (exact) mass is 461 g/mol. The van der Waals surface area contributed by atoms with E-state index in [-0.39, 0.29) is 5.91 Å². The molecule has 0 bridgehead atoms. The summed E-state index contributed by atoms with van der Waals surface area (Å²) in [7, 11) is -1.02. The zero-order chi connectivity index (χ0) is 22.1. The van der Waals surface area contributed by atoms with Gasteiger partial charge in [-0.05, 0) is 29.3 Å². The van der Waals surface area contributed by atoms with Crippen LogP contribution in [0.25, 0.3) is 5.69 Å². The lowest BCUT2D eigenvalue weighted by molar-refractivity contribution is -0.116. The summed E-state index contributed by atoms with van der Waals surface area (Å²) in [5, 5.41) is 8.35. The molecule has 0 aliphatic carbocycles. The SMILES string of the molecule is O=C(Nc1c2c(nn1-c1cccc(Cl)c1)CS(=O)C2)C(c1ccccc1)c1ccccc1. The summed E-state index contributed by atoms with van der Waals surface area (Å²) in [6.07, 6.45) is 0. The second-order valence-corrected chi connectivity index (χ2v) is 9.53. The summed E-state index contributed by atoms with van der Waals surface area (Å²) in [6.45, 7) is 0. The van der Waals surface area contributed by atoms with Gasteiger partial charge in [-0.1, -0.05) is 78.3 Å². The molecule has 1 atom stereocenters. The van der Waals surface area contributed by atoms with Crippen LogP contribution < -0.4 is 5.32 Å². The van der Waals surface area contributed by atoms with Gasteiger partial charge < -0.3 is 5.32 Å². The average molecular weight is 462 g/mol. The van der Waals surface area contributed by atoms with Crippen molar-refractivity contribution in [2.75, 3.05) is 5.32 Å². The van der Waals surface area contributed by atoms with Crippen LogP contribution in [0.2, 0.25) is 5.02 Å². The molecule has 32 heavy (non-hydrogen) atoms. The maximum atomic E-state index is 13.7. The van der Waals surface area contributed by atoms with E-state index in [1.807, 2.05) is 72.8 Å². The molecule has 0 saturated carbocycles. The molecule has 2 heterocycles. The summed E-state index contributed by atoms with van der Waals surface area (Å²) in [4.78, 5) is 13.7. The van der Waals surface area contributed by atoms with Gasteiger partial charge in [-0.25, -0.2) is 4.68 Å². The van der Waals surface area contributed by atoms with E-state index in [1.54, 1.807) is 16.8 Å². The molecular weight excluding hydrogens is 442 g/mol. The summed E-state index contributed by atoms with van der Waals surface area (Å²) >= 11 is 6.20. The molecule has 1 amide bonds. The number of carbonyl (C=O) groups is 1. The lowest BCUT2D eigenvalue weighted by atomic mass is 9.90. The number of rotatable bonds is 5. The number of hydrogen-bond donors (Lipinski definition) is 1. The van der Waals surface area contributed by atoms with E-state index >= 15 is 0 Å². The van der Waals surface area contributed by atoms with Crippen LogP contribution in [-0.4, -0.2) is 19.9 Å². The summed E-state index contributed by atoms with van der Waals surface area (Å²) in [5.74, 6) is 0.628. The molecule has 0 fully saturated rings. The van der Waals surface area contributed by atoms with Crippen LogP contribution >= 0.6 is 11.6 Å². The largest absolute Gasteiger partial charge is 0.309 e. The first-order valence-electron chi connectivity index (χ1n) is 10.2. The molecule has 160 valence electrons. The van der Waals surface area contributed by atoms with Crippen molar-refractivity contribution in [3.63, 3.8) is 0 Å². The standard InChI is InChI=1S/C25H20ClN3O2S/c26-19-12-7-13-20(14-19)29-24(21-15-32(31)16-22(21)28-29)27-25(30)23(17-8-3-1-4-9-17)18-10-5-2-6-11-18/h1-14,23H,15-16H2,(H,27,30). The Labute approximate surface area is 193 Å². The molecule has 7 heteroatoms. The first-order valence-corrected chi connectivity index (χ1v) is 12.1. The first kappa shape index (κ1) is 20.7. The normalized spacial score (nSPS) is 15.0. The van der Waals surface area contributed by atoms with Gasteiger partial charge in [0.1, 0.15) is 5.82 Å². The second-order valence-electron chi connectivity index (χ2n) is 7.64. The Morgan fingerprint density at radius 1 is 0.938 bits per heavy atom. The number of halogens is 1. The highest BCUT2D eigenvalue weighted by Gasteiger charge is 2.31. The van der Waals surface area contributed by atoms with Crippen LogP contribution in [0.15, 0.2) is 84.9 Å². The van der Waals surface area contributed by atoms with Crippen LogP contribution in [0.5, 0.6) is 0 Å². The number of nitrogens with one attached hydrogen (secondary N) is 1. The van der Waals surface area contributed by atoms with Crippen molar-refractivity contribution < 1.29 is 9.00 Å². The molecule has 3 aromatic carbocycles. The van der Waals surface area contributed by atoms with Crippen LogP contribution in [0.4, 0.5) is 5.82 Å². The molecule has 1 aromatic heterocycles. The maximum Gasteiger partial charge on any atom is 0.237 e. The van der Waals surface area contributed by atoms with Gasteiger partial charge in [0.2, 0.25) is 5.91 Å². The number of carbonyl (C=O) groups excluding carboxylic acids is 1. The Hall–Kier alpha value is -3.22. The number of fused-ring (bicyclic) bond motifs is 1. The van der Waals surface area contributed by atoms with E-state index in [2.05, 4.69) is 10.4 Å². The smallest absolute Gasteiger partial charge is 0.237 e. The fourth-order valence-electron chi connectivity index (χ4n) is 4.03. The number of nitrogens with zero attached hydrogens (tertiary/aromatic N) is 2. The molecule has 1 N–H and O–H groups in total. The fourth-order valence-corrected chi connectivity index (χ4v) is 5.47. The Kier molecular flexibility index (Phi) is 5.64. The van der Waals surface area contributed by atoms with Crippen LogP contribution in [-0.2, 0) is 27.1 Å². The highest BCUT2D eigenvalue weighted by molar-refractivity contribution is 7.83. The molecule has 0 radical (unpaired) electrons. The minimum Gasteiger partial charge on any atom is -0.309 e. The summed E-state index contributed by atoms with van der Waals surface area (Å²) in [6, 6.07) is 26.7. The van der Waals surface area contributed by atoms with Gasteiger partial charge in [0.05, 0.1) is 28.8 Å². The van der Waals surface area contributed by atoms with Gasteiger partial charge in [0.15, 0.2) is 0 Å². The van der Waals surface area contributed by atoms with E-state index in [9.17, 15) is 9.00 Å². The minimum atomic E-state index is -1.02.